The largest absolute Gasteiger partial charge is 0.389 e. The first-order valence-corrected chi connectivity index (χ1v) is 4.00. The molecule has 1 N–H and O–H groups in total. The first kappa shape index (κ1) is 11.2. The number of hydrogen-bond donors (Lipinski definition) is 1. The van der Waals surface area contributed by atoms with Gasteiger partial charge in [0.05, 0.1) is 6.10 Å². The molecule has 0 unspecified atom stereocenters. The molecule has 0 bridgehead atoms. The fourth-order valence-electron chi connectivity index (χ4n) is 1.00. The summed E-state index contributed by atoms with van der Waals surface area (Å²) in [5, 5.41) is 9.17. The van der Waals surface area contributed by atoms with Gasteiger partial charge in [0.15, 0.2) is 0 Å². The van der Waals surface area contributed by atoms with Crippen molar-refractivity contribution < 1.29 is 9.90 Å². The van der Waals surface area contributed by atoms with Crippen molar-refractivity contribution in [3.05, 3.63) is 12.7 Å². The van der Waals surface area contributed by atoms with Crippen LogP contribution in [0, 0.1) is 5.92 Å². The Morgan fingerprint density at radius 3 is 2.50 bits per heavy atom. The Morgan fingerprint density at radius 2 is 2.17 bits per heavy atom. The van der Waals surface area contributed by atoms with E-state index in [1.165, 1.54) is 11.0 Å². The van der Waals surface area contributed by atoms with E-state index in [0.29, 0.717) is 6.42 Å². The fraction of sp³-hybridized carbons (Fsp3) is 0.667. The molecule has 0 saturated carbocycles. The number of aliphatic hydroxyl groups excluding tert-OH is 1. The van der Waals surface area contributed by atoms with Crippen LogP contribution in [-0.4, -0.2) is 36.1 Å². The molecular weight excluding hydrogens is 154 g/mol. The number of amides is 1. The van der Waals surface area contributed by atoms with E-state index < -0.39 is 6.10 Å². The molecule has 3 heteroatoms. The summed E-state index contributed by atoms with van der Waals surface area (Å²) in [6.07, 6.45) is 1.31. The number of carbonyl (C=O) groups is 1. The molecule has 0 aromatic carbocycles. The van der Waals surface area contributed by atoms with Crippen LogP contribution in [0.25, 0.3) is 0 Å². The van der Waals surface area contributed by atoms with Crippen LogP contribution in [0.15, 0.2) is 12.7 Å². The Balaban J connectivity index is 3.94. The van der Waals surface area contributed by atoms with Crippen molar-refractivity contribution in [2.75, 3.05) is 14.1 Å². The van der Waals surface area contributed by atoms with E-state index >= 15 is 0 Å². The molecule has 0 saturated heterocycles. The molecule has 0 aliphatic heterocycles. The zero-order chi connectivity index (χ0) is 9.72. The lowest BCUT2D eigenvalue weighted by Crippen LogP contribution is -2.29. The molecule has 0 radical (unpaired) electrons. The van der Waals surface area contributed by atoms with Gasteiger partial charge in [-0.2, -0.15) is 0 Å². The van der Waals surface area contributed by atoms with Crippen LogP contribution < -0.4 is 0 Å². The summed E-state index contributed by atoms with van der Waals surface area (Å²) in [5.41, 5.74) is 0. The van der Waals surface area contributed by atoms with E-state index in [4.69, 9.17) is 0 Å². The van der Waals surface area contributed by atoms with Crippen molar-refractivity contribution in [2.24, 2.45) is 5.92 Å². The number of carbonyl (C=O) groups excluding carboxylic acids is 1. The Bertz CT molecular complexity index is 166. The molecule has 70 valence electrons. The van der Waals surface area contributed by atoms with Gasteiger partial charge in [0.25, 0.3) is 0 Å². The highest BCUT2D eigenvalue weighted by Crippen LogP contribution is 2.08. The van der Waals surface area contributed by atoms with Gasteiger partial charge in [-0.3, -0.25) is 4.79 Å². The van der Waals surface area contributed by atoms with Crippen molar-refractivity contribution in [3.8, 4) is 0 Å². The van der Waals surface area contributed by atoms with Gasteiger partial charge in [-0.05, 0) is 6.42 Å². The van der Waals surface area contributed by atoms with E-state index in [2.05, 4.69) is 6.58 Å². The monoisotopic (exact) mass is 171 g/mol. The minimum atomic E-state index is -0.580. The second-order valence-electron chi connectivity index (χ2n) is 3.17. The van der Waals surface area contributed by atoms with Crippen molar-refractivity contribution in [1.82, 2.24) is 4.90 Å². The highest BCUT2D eigenvalue weighted by molar-refractivity contribution is 5.77. The van der Waals surface area contributed by atoms with Gasteiger partial charge < -0.3 is 10.0 Å². The van der Waals surface area contributed by atoms with Gasteiger partial charge in [-0.15, -0.1) is 6.58 Å². The van der Waals surface area contributed by atoms with Gasteiger partial charge in [0, 0.05) is 20.0 Å². The van der Waals surface area contributed by atoms with Crippen molar-refractivity contribution in [3.63, 3.8) is 0 Å². The highest BCUT2D eigenvalue weighted by Gasteiger charge is 2.16. The number of rotatable bonds is 4. The van der Waals surface area contributed by atoms with Crippen LogP contribution in [0.5, 0.6) is 0 Å². The maximum absolute atomic E-state index is 11.3. The molecule has 2 atom stereocenters. The van der Waals surface area contributed by atoms with Gasteiger partial charge >= 0.3 is 0 Å². The smallest absolute Gasteiger partial charge is 0.224 e. The van der Waals surface area contributed by atoms with E-state index in [0.717, 1.165) is 0 Å². The Kier molecular flexibility index (Phi) is 4.59. The lowest BCUT2D eigenvalue weighted by atomic mass is 10.0. The van der Waals surface area contributed by atoms with Crippen LogP contribution in [-0.2, 0) is 4.79 Å². The third-order valence-electron chi connectivity index (χ3n) is 1.73. The minimum Gasteiger partial charge on any atom is -0.389 e. The number of nitrogens with zero attached hydrogens (tertiary/aromatic N) is 1. The minimum absolute atomic E-state index is 0.0379. The fourth-order valence-corrected chi connectivity index (χ4v) is 1.00. The molecule has 0 aliphatic carbocycles. The maximum atomic E-state index is 11.3. The van der Waals surface area contributed by atoms with Crippen LogP contribution in [0.2, 0.25) is 0 Å². The van der Waals surface area contributed by atoms with Gasteiger partial charge in [-0.25, -0.2) is 0 Å². The third kappa shape index (κ3) is 3.53. The van der Waals surface area contributed by atoms with Crippen LogP contribution >= 0.6 is 0 Å². The van der Waals surface area contributed by atoms with Gasteiger partial charge in [0.2, 0.25) is 5.91 Å². The van der Waals surface area contributed by atoms with E-state index in [1.54, 1.807) is 21.0 Å². The second-order valence-corrected chi connectivity index (χ2v) is 3.17. The SMILES string of the molecule is C=C[C@@H](O)C[C@H](C)C(=O)N(C)C. The third-order valence-corrected chi connectivity index (χ3v) is 1.73. The summed E-state index contributed by atoms with van der Waals surface area (Å²) in [6, 6.07) is 0. The van der Waals surface area contributed by atoms with E-state index in [1.807, 2.05) is 0 Å². The molecule has 0 aromatic rings. The molecule has 0 aliphatic rings. The molecule has 0 fully saturated rings. The van der Waals surface area contributed by atoms with E-state index in [9.17, 15) is 9.90 Å². The summed E-state index contributed by atoms with van der Waals surface area (Å²) in [4.78, 5) is 12.8. The summed E-state index contributed by atoms with van der Waals surface area (Å²) in [5.74, 6) is -0.108. The second kappa shape index (κ2) is 4.93. The van der Waals surface area contributed by atoms with Crippen LogP contribution in [0.4, 0.5) is 0 Å². The first-order valence-electron chi connectivity index (χ1n) is 4.00. The Morgan fingerprint density at radius 1 is 1.67 bits per heavy atom. The van der Waals surface area contributed by atoms with Crippen LogP contribution in [0.3, 0.4) is 0 Å². The molecule has 1 amide bonds. The Hall–Kier alpha value is -0.830. The quantitative estimate of drug-likeness (QED) is 0.631. The van der Waals surface area contributed by atoms with E-state index in [-0.39, 0.29) is 11.8 Å². The molecule has 0 spiro atoms. The Labute approximate surface area is 73.7 Å². The summed E-state index contributed by atoms with van der Waals surface area (Å²) >= 11 is 0. The summed E-state index contributed by atoms with van der Waals surface area (Å²) in [6.45, 7) is 5.24. The van der Waals surface area contributed by atoms with Crippen molar-refractivity contribution >= 4 is 5.91 Å². The molecule has 0 heterocycles. The van der Waals surface area contributed by atoms with Crippen LogP contribution in [0.1, 0.15) is 13.3 Å². The predicted molar refractivity (Wildman–Crippen MR) is 48.7 cm³/mol. The van der Waals surface area contributed by atoms with Gasteiger partial charge in [0.1, 0.15) is 0 Å². The normalized spacial score (nSPS) is 15.0. The number of aliphatic hydroxyl groups is 1. The standard InChI is InChI=1S/C9H17NO2/c1-5-8(11)6-7(2)9(12)10(3)4/h5,7-8,11H,1,6H2,2-4H3/t7-,8+/m0/s1. The lowest BCUT2D eigenvalue weighted by Gasteiger charge is -2.17. The average Bonchev–Trinajstić information content (AvgIpc) is 2.02. The molecule has 3 nitrogen and oxygen atoms in total. The maximum Gasteiger partial charge on any atom is 0.224 e. The topological polar surface area (TPSA) is 40.5 Å². The average molecular weight is 171 g/mol. The zero-order valence-corrected chi connectivity index (χ0v) is 7.95. The van der Waals surface area contributed by atoms with Crippen molar-refractivity contribution in [1.29, 1.82) is 0 Å². The molecule has 12 heavy (non-hydrogen) atoms. The lowest BCUT2D eigenvalue weighted by molar-refractivity contribution is -0.133. The predicted octanol–water partition coefficient (Wildman–Crippen LogP) is 0.648. The van der Waals surface area contributed by atoms with Gasteiger partial charge in [-0.1, -0.05) is 13.0 Å². The number of hydrogen-bond acceptors (Lipinski definition) is 2. The molecule has 0 aromatic heterocycles. The first-order chi connectivity index (χ1) is 5.49. The zero-order valence-electron chi connectivity index (χ0n) is 7.95. The molecule has 0 rings (SSSR count). The summed E-state index contributed by atoms with van der Waals surface area (Å²) < 4.78 is 0. The summed E-state index contributed by atoms with van der Waals surface area (Å²) in [7, 11) is 3.41. The molecular formula is C9H17NO2. The van der Waals surface area contributed by atoms with Crippen molar-refractivity contribution in [2.45, 2.75) is 19.4 Å². The highest BCUT2D eigenvalue weighted by atomic mass is 16.3.